The molecule has 2 aromatic rings. The van der Waals surface area contributed by atoms with E-state index in [4.69, 9.17) is 0 Å². The second-order valence-corrected chi connectivity index (χ2v) is 8.04. The van der Waals surface area contributed by atoms with E-state index in [0.29, 0.717) is 5.75 Å². The number of aromatic nitrogens is 2. The lowest BCUT2D eigenvalue weighted by Crippen LogP contribution is -2.46. The van der Waals surface area contributed by atoms with Crippen molar-refractivity contribution in [3.05, 3.63) is 42.5 Å². The van der Waals surface area contributed by atoms with Gasteiger partial charge in [0.05, 0.1) is 5.75 Å². The topological polar surface area (TPSA) is 52.6 Å². The van der Waals surface area contributed by atoms with Crippen LogP contribution < -0.4 is 9.80 Å². The van der Waals surface area contributed by atoms with Crippen molar-refractivity contribution < 1.29 is 9.18 Å². The minimum atomic E-state index is -0.211. The summed E-state index contributed by atoms with van der Waals surface area (Å²) in [5.41, 5.74) is 1.04. The number of piperazine rings is 1. The molecule has 1 amide bonds. The van der Waals surface area contributed by atoms with Crippen molar-refractivity contribution in [2.75, 3.05) is 54.8 Å². The number of anilines is 2. The molecule has 2 aliphatic heterocycles. The first-order valence-corrected chi connectivity index (χ1v) is 10.7. The molecule has 0 unspecified atom stereocenters. The minimum absolute atomic E-state index is 0.190. The zero-order valence-electron chi connectivity index (χ0n) is 15.8. The molecule has 2 fully saturated rings. The lowest BCUT2D eigenvalue weighted by atomic mass is 10.2. The Bertz CT molecular complexity index is 804. The molecule has 1 aromatic heterocycles. The molecule has 0 aliphatic carbocycles. The molecule has 0 bridgehead atoms. The molecule has 3 heterocycles. The van der Waals surface area contributed by atoms with Crippen LogP contribution in [0.15, 0.2) is 41.7 Å². The summed E-state index contributed by atoms with van der Waals surface area (Å²) in [6.07, 6.45) is 3.79. The minimum Gasteiger partial charge on any atom is -0.368 e. The van der Waals surface area contributed by atoms with Gasteiger partial charge in [0.25, 0.3) is 0 Å². The van der Waals surface area contributed by atoms with Gasteiger partial charge in [-0.2, -0.15) is 0 Å². The molecule has 0 radical (unpaired) electrons. The van der Waals surface area contributed by atoms with Crippen LogP contribution in [0.1, 0.15) is 12.8 Å². The first kappa shape index (κ1) is 19.0. The van der Waals surface area contributed by atoms with Gasteiger partial charge in [-0.3, -0.25) is 4.79 Å². The van der Waals surface area contributed by atoms with Crippen molar-refractivity contribution in [1.29, 1.82) is 0 Å². The van der Waals surface area contributed by atoms with Crippen LogP contribution in [0.2, 0.25) is 0 Å². The highest BCUT2D eigenvalue weighted by Crippen LogP contribution is 2.23. The summed E-state index contributed by atoms with van der Waals surface area (Å²) in [6, 6.07) is 8.61. The van der Waals surface area contributed by atoms with E-state index in [9.17, 15) is 9.18 Å². The molecule has 0 atom stereocenters. The van der Waals surface area contributed by atoms with Crippen LogP contribution in [-0.2, 0) is 4.79 Å². The van der Waals surface area contributed by atoms with Crippen LogP contribution in [0.5, 0.6) is 0 Å². The number of thioether (sulfide) groups is 1. The van der Waals surface area contributed by atoms with Gasteiger partial charge in [0, 0.05) is 51.0 Å². The molecular weight excluding hydrogens is 377 g/mol. The molecule has 0 N–H and O–H groups in total. The van der Waals surface area contributed by atoms with E-state index in [2.05, 4.69) is 19.8 Å². The van der Waals surface area contributed by atoms with Gasteiger partial charge in [0.15, 0.2) is 0 Å². The normalized spacial score (nSPS) is 17.2. The number of carbonyl (C=O) groups is 1. The summed E-state index contributed by atoms with van der Waals surface area (Å²) < 4.78 is 13.1. The van der Waals surface area contributed by atoms with Gasteiger partial charge < -0.3 is 14.7 Å². The van der Waals surface area contributed by atoms with E-state index in [-0.39, 0.29) is 11.7 Å². The zero-order chi connectivity index (χ0) is 19.3. The molecule has 28 heavy (non-hydrogen) atoms. The van der Waals surface area contributed by atoms with Crippen molar-refractivity contribution >= 4 is 29.2 Å². The molecule has 148 valence electrons. The molecule has 0 saturated carbocycles. The highest BCUT2D eigenvalue weighted by Gasteiger charge is 2.20. The summed E-state index contributed by atoms with van der Waals surface area (Å²) in [7, 11) is 0. The Hall–Kier alpha value is -2.35. The Morgan fingerprint density at radius 2 is 1.64 bits per heavy atom. The maximum atomic E-state index is 13.1. The van der Waals surface area contributed by atoms with Crippen molar-refractivity contribution in [3.8, 4) is 0 Å². The third kappa shape index (κ3) is 4.55. The van der Waals surface area contributed by atoms with Gasteiger partial charge >= 0.3 is 0 Å². The van der Waals surface area contributed by atoms with Gasteiger partial charge in [-0.15, -0.1) is 0 Å². The van der Waals surface area contributed by atoms with Crippen LogP contribution in [-0.4, -0.2) is 65.8 Å². The van der Waals surface area contributed by atoms with Gasteiger partial charge in [0.2, 0.25) is 5.91 Å². The van der Waals surface area contributed by atoms with Crippen molar-refractivity contribution in [2.24, 2.45) is 0 Å². The maximum absolute atomic E-state index is 13.1. The summed E-state index contributed by atoms with van der Waals surface area (Å²) >= 11 is 1.48. The number of carbonyl (C=O) groups excluding carboxylic acids is 1. The largest absolute Gasteiger partial charge is 0.368 e. The smallest absolute Gasteiger partial charge is 0.232 e. The quantitative estimate of drug-likeness (QED) is 0.567. The number of amides is 1. The van der Waals surface area contributed by atoms with Crippen molar-refractivity contribution in [3.63, 3.8) is 0 Å². The fourth-order valence-corrected chi connectivity index (χ4v) is 4.39. The number of nitrogens with zero attached hydrogens (tertiary/aromatic N) is 5. The van der Waals surface area contributed by atoms with Gasteiger partial charge in [-0.05, 0) is 37.1 Å². The average molecular weight is 402 g/mol. The first-order chi connectivity index (χ1) is 13.7. The molecule has 8 heteroatoms. The number of likely N-dealkylation sites (tertiary alicyclic amines) is 1. The highest BCUT2D eigenvalue weighted by atomic mass is 32.2. The molecule has 0 spiro atoms. The third-order valence-corrected chi connectivity index (χ3v) is 6.14. The van der Waals surface area contributed by atoms with Gasteiger partial charge in [0.1, 0.15) is 23.0 Å². The number of hydrogen-bond donors (Lipinski definition) is 0. The molecule has 1 aromatic carbocycles. The SMILES string of the molecule is O=C(CSc1cc(N2CCN(c3ccc(F)cc3)CC2)ncn1)N1CCCC1. The van der Waals surface area contributed by atoms with Crippen LogP contribution in [0, 0.1) is 5.82 Å². The van der Waals surface area contributed by atoms with Crippen LogP contribution >= 0.6 is 11.8 Å². The van der Waals surface area contributed by atoms with Crippen LogP contribution in [0.3, 0.4) is 0 Å². The lowest BCUT2D eigenvalue weighted by Gasteiger charge is -2.36. The monoisotopic (exact) mass is 401 g/mol. The number of halogens is 1. The number of benzene rings is 1. The Kier molecular flexibility index (Phi) is 5.95. The second kappa shape index (κ2) is 8.77. The number of hydrogen-bond acceptors (Lipinski definition) is 6. The predicted molar refractivity (Wildman–Crippen MR) is 109 cm³/mol. The van der Waals surface area contributed by atoms with E-state index < -0.39 is 0 Å². The third-order valence-electron chi connectivity index (χ3n) is 5.23. The first-order valence-electron chi connectivity index (χ1n) is 9.67. The molecular formula is C20H24FN5OS. The summed E-state index contributed by atoms with van der Waals surface area (Å²) in [5, 5.41) is 0.832. The summed E-state index contributed by atoms with van der Waals surface area (Å²) in [4.78, 5) is 27.4. The lowest BCUT2D eigenvalue weighted by molar-refractivity contribution is -0.127. The van der Waals surface area contributed by atoms with E-state index >= 15 is 0 Å². The Morgan fingerprint density at radius 3 is 2.36 bits per heavy atom. The van der Waals surface area contributed by atoms with Gasteiger partial charge in [-0.25, -0.2) is 14.4 Å². The molecule has 4 rings (SSSR count). The second-order valence-electron chi connectivity index (χ2n) is 7.04. The van der Waals surface area contributed by atoms with E-state index in [1.54, 1.807) is 6.33 Å². The Labute approximate surface area is 168 Å². The van der Waals surface area contributed by atoms with Crippen molar-refractivity contribution in [2.45, 2.75) is 17.9 Å². The fraction of sp³-hybridized carbons (Fsp3) is 0.450. The molecule has 6 nitrogen and oxygen atoms in total. The van der Waals surface area contributed by atoms with E-state index in [0.717, 1.165) is 68.6 Å². The Morgan fingerprint density at radius 1 is 0.964 bits per heavy atom. The number of rotatable bonds is 5. The van der Waals surface area contributed by atoms with Crippen molar-refractivity contribution in [1.82, 2.24) is 14.9 Å². The van der Waals surface area contributed by atoms with E-state index in [1.165, 1.54) is 23.9 Å². The fourth-order valence-electron chi connectivity index (χ4n) is 3.62. The van der Waals surface area contributed by atoms with E-state index in [1.807, 2.05) is 23.1 Å². The van der Waals surface area contributed by atoms with Gasteiger partial charge in [-0.1, -0.05) is 11.8 Å². The van der Waals surface area contributed by atoms with Crippen LogP contribution in [0.4, 0.5) is 15.9 Å². The molecule has 2 saturated heterocycles. The predicted octanol–water partition coefficient (Wildman–Crippen LogP) is 2.66. The Balaban J connectivity index is 1.32. The maximum Gasteiger partial charge on any atom is 0.232 e. The molecule has 2 aliphatic rings. The van der Waals surface area contributed by atoms with Crippen LogP contribution in [0.25, 0.3) is 0 Å². The highest BCUT2D eigenvalue weighted by molar-refractivity contribution is 7.99. The average Bonchev–Trinajstić information content (AvgIpc) is 3.28. The summed E-state index contributed by atoms with van der Waals surface area (Å²) in [5.74, 6) is 1.30. The zero-order valence-corrected chi connectivity index (χ0v) is 16.6. The summed E-state index contributed by atoms with van der Waals surface area (Å²) in [6.45, 7) is 5.15. The standard InChI is InChI=1S/C20H24FN5OS/c21-16-3-5-17(6-4-16)24-9-11-25(12-10-24)18-13-19(23-15-22-18)28-14-20(27)26-7-1-2-8-26/h3-6,13,15H,1-2,7-12,14H2.